The van der Waals surface area contributed by atoms with Gasteiger partial charge in [-0.2, -0.15) is 5.10 Å². The minimum Gasteiger partial charge on any atom is -0.326 e. The van der Waals surface area contributed by atoms with Crippen molar-refractivity contribution in [1.82, 2.24) is 25.0 Å². The van der Waals surface area contributed by atoms with Crippen LogP contribution in [0.4, 0.5) is 5.69 Å². The molecule has 1 saturated heterocycles. The zero-order valence-corrected chi connectivity index (χ0v) is 15.2. The maximum atomic E-state index is 12.2. The summed E-state index contributed by atoms with van der Waals surface area (Å²) in [5, 5.41) is 9.87. The Kier molecular flexibility index (Phi) is 6.32. The molecule has 1 aromatic heterocycles. The van der Waals surface area contributed by atoms with E-state index in [1.165, 1.54) is 0 Å². The Labute approximate surface area is 153 Å². The van der Waals surface area contributed by atoms with Crippen molar-refractivity contribution in [1.29, 1.82) is 0 Å². The molecule has 0 bridgehead atoms. The highest BCUT2D eigenvalue weighted by Gasteiger charge is 2.16. The lowest BCUT2D eigenvalue weighted by Crippen LogP contribution is -2.46. The van der Waals surface area contributed by atoms with Crippen molar-refractivity contribution in [3.8, 4) is 11.4 Å². The number of carbonyl (C=O) groups excluding carboxylic acids is 1. The lowest BCUT2D eigenvalue weighted by Gasteiger charge is -2.33. The molecule has 8 nitrogen and oxygen atoms in total. The van der Waals surface area contributed by atoms with Crippen LogP contribution >= 0.6 is 0 Å². The minimum absolute atomic E-state index is 0.0407. The van der Waals surface area contributed by atoms with Crippen LogP contribution in [-0.4, -0.2) is 70.2 Å². The summed E-state index contributed by atoms with van der Waals surface area (Å²) in [6.07, 6.45) is 0.509. The third-order valence-electron chi connectivity index (χ3n) is 4.72. The number of hydrogen-bond acceptors (Lipinski definition) is 6. The fraction of sp³-hybridized carbons (Fsp3) is 0.500. The summed E-state index contributed by atoms with van der Waals surface area (Å²) in [4.78, 5) is 21.3. The Morgan fingerprint density at radius 2 is 1.88 bits per heavy atom. The molecule has 26 heavy (non-hydrogen) atoms. The second kappa shape index (κ2) is 8.88. The van der Waals surface area contributed by atoms with Gasteiger partial charge in [0.25, 0.3) is 0 Å². The van der Waals surface area contributed by atoms with Gasteiger partial charge >= 0.3 is 0 Å². The second-order valence-corrected chi connectivity index (χ2v) is 6.46. The number of nitrogens with one attached hydrogen (secondary N) is 2. The van der Waals surface area contributed by atoms with Gasteiger partial charge in [-0.3, -0.25) is 9.89 Å². The highest BCUT2D eigenvalue weighted by Crippen LogP contribution is 2.18. The maximum Gasteiger partial charge on any atom is 0.225 e. The van der Waals surface area contributed by atoms with E-state index in [0.29, 0.717) is 24.6 Å². The normalized spacial score (nSPS) is 15.9. The molecule has 1 aliphatic heterocycles. The number of hydrogen-bond donors (Lipinski definition) is 3. The van der Waals surface area contributed by atoms with Crippen molar-refractivity contribution < 1.29 is 4.79 Å². The smallest absolute Gasteiger partial charge is 0.225 e. The zero-order valence-electron chi connectivity index (χ0n) is 15.2. The standard InChI is InChI=1S/C18H27N7O/c1-2-24-9-11-25(12-10-24)8-7-17(26)20-15-5-3-14(4-6-15)18-21-16(13-19)22-23-18/h3-6H,2,7-13,19H2,1H3,(H,20,26)(H,21,22,23). The van der Waals surface area contributed by atoms with Crippen LogP contribution in [0.3, 0.4) is 0 Å². The van der Waals surface area contributed by atoms with E-state index < -0.39 is 0 Å². The molecule has 3 rings (SSSR count). The molecule has 0 aliphatic carbocycles. The van der Waals surface area contributed by atoms with Gasteiger partial charge in [-0.25, -0.2) is 4.98 Å². The lowest BCUT2D eigenvalue weighted by atomic mass is 10.2. The lowest BCUT2D eigenvalue weighted by molar-refractivity contribution is -0.116. The molecule has 140 valence electrons. The summed E-state index contributed by atoms with van der Waals surface area (Å²) >= 11 is 0. The number of nitrogens with zero attached hydrogens (tertiary/aromatic N) is 4. The van der Waals surface area contributed by atoms with Gasteiger partial charge in [0.1, 0.15) is 5.82 Å². The number of likely N-dealkylation sites (N-methyl/N-ethyl adjacent to an activating group) is 1. The molecule has 0 atom stereocenters. The van der Waals surface area contributed by atoms with Crippen molar-refractivity contribution >= 4 is 11.6 Å². The summed E-state index contributed by atoms with van der Waals surface area (Å²) < 4.78 is 0. The number of nitrogens with two attached hydrogens (primary N) is 1. The van der Waals surface area contributed by atoms with Crippen LogP contribution in [0.1, 0.15) is 19.2 Å². The monoisotopic (exact) mass is 357 g/mol. The van der Waals surface area contributed by atoms with Crippen LogP contribution in [0.15, 0.2) is 24.3 Å². The molecule has 1 fully saturated rings. The first-order chi connectivity index (χ1) is 12.7. The van der Waals surface area contributed by atoms with Crippen molar-refractivity contribution in [3.63, 3.8) is 0 Å². The van der Waals surface area contributed by atoms with Crippen molar-refractivity contribution in [2.24, 2.45) is 5.73 Å². The summed E-state index contributed by atoms with van der Waals surface area (Å²) in [6.45, 7) is 8.68. The Morgan fingerprint density at radius 1 is 1.19 bits per heavy atom. The average Bonchev–Trinajstić information content (AvgIpc) is 3.16. The maximum absolute atomic E-state index is 12.2. The summed E-state index contributed by atoms with van der Waals surface area (Å²) in [5.41, 5.74) is 7.19. The molecule has 1 aromatic carbocycles. The molecule has 0 spiro atoms. The topological polar surface area (TPSA) is 103 Å². The molecule has 0 unspecified atom stereocenters. The van der Waals surface area contributed by atoms with Gasteiger partial charge in [-0.15, -0.1) is 0 Å². The Hall–Kier alpha value is -2.29. The Balaban J connectivity index is 1.45. The van der Waals surface area contributed by atoms with E-state index in [2.05, 4.69) is 37.2 Å². The SMILES string of the molecule is CCN1CCN(CCC(=O)Nc2ccc(-c3n[nH]c(CN)n3)cc2)CC1. The number of aromatic nitrogens is 3. The van der Waals surface area contributed by atoms with Crippen LogP contribution in [0.25, 0.3) is 11.4 Å². The minimum atomic E-state index is 0.0407. The molecule has 1 aliphatic rings. The number of H-pyrrole nitrogens is 1. The molecule has 2 aromatic rings. The molecule has 0 saturated carbocycles. The Morgan fingerprint density at radius 3 is 2.50 bits per heavy atom. The number of amides is 1. The first-order valence-electron chi connectivity index (χ1n) is 9.14. The van der Waals surface area contributed by atoms with Gasteiger partial charge in [0.05, 0.1) is 6.54 Å². The van der Waals surface area contributed by atoms with E-state index in [1.54, 1.807) is 0 Å². The first-order valence-corrected chi connectivity index (χ1v) is 9.14. The zero-order chi connectivity index (χ0) is 18.4. The highest BCUT2D eigenvalue weighted by atomic mass is 16.1. The van der Waals surface area contributed by atoms with Gasteiger partial charge in [0.2, 0.25) is 5.91 Å². The predicted octanol–water partition coefficient (Wildman–Crippen LogP) is 0.897. The number of rotatable bonds is 7. The first kappa shape index (κ1) is 18.5. The largest absolute Gasteiger partial charge is 0.326 e. The van der Waals surface area contributed by atoms with Crippen molar-refractivity contribution in [2.45, 2.75) is 19.9 Å². The van der Waals surface area contributed by atoms with Crippen LogP contribution < -0.4 is 11.1 Å². The van der Waals surface area contributed by atoms with Gasteiger partial charge in [0.15, 0.2) is 5.82 Å². The van der Waals surface area contributed by atoms with Crippen LogP contribution in [-0.2, 0) is 11.3 Å². The summed E-state index contributed by atoms with van der Waals surface area (Å²) in [6, 6.07) is 7.52. The number of aromatic amines is 1. The molecular formula is C18H27N7O. The second-order valence-electron chi connectivity index (χ2n) is 6.46. The molecule has 2 heterocycles. The van der Waals surface area contributed by atoms with E-state index in [9.17, 15) is 4.79 Å². The predicted molar refractivity (Wildman–Crippen MR) is 102 cm³/mol. The van der Waals surface area contributed by atoms with Gasteiger partial charge in [-0.1, -0.05) is 6.92 Å². The quantitative estimate of drug-likeness (QED) is 0.680. The summed E-state index contributed by atoms with van der Waals surface area (Å²) in [7, 11) is 0. The highest BCUT2D eigenvalue weighted by molar-refractivity contribution is 5.91. The number of piperazine rings is 1. The van der Waals surface area contributed by atoms with Gasteiger partial charge < -0.3 is 20.9 Å². The fourth-order valence-electron chi connectivity index (χ4n) is 3.03. The van der Waals surface area contributed by atoms with Crippen LogP contribution in [0.2, 0.25) is 0 Å². The van der Waals surface area contributed by atoms with Crippen molar-refractivity contribution in [2.75, 3.05) is 44.6 Å². The third kappa shape index (κ3) is 4.87. The molecular weight excluding hydrogens is 330 g/mol. The van der Waals surface area contributed by atoms with E-state index in [0.717, 1.165) is 50.5 Å². The number of carbonyl (C=O) groups is 1. The van der Waals surface area contributed by atoms with Crippen LogP contribution in [0.5, 0.6) is 0 Å². The fourth-order valence-corrected chi connectivity index (χ4v) is 3.03. The van der Waals surface area contributed by atoms with Gasteiger partial charge in [-0.05, 0) is 30.8 Å². The van der Waals surface area contributed by atoms with E-state index >= 15 is 0 Å². The average molecular weight is 357 g/mol. The van der Waals surface area contributed by atoms with E-state index in [1.807, 2.05) is 24.3 Å². The van der Waals surface area contributed by atoms with Crippen molar-refractivity contribution in [3.05, 3.63) is 30.1 Å². The van der Waals surface area contributed by atoms with E-state index in [-0.39, 0.29) is 5.91 Å². The van der Waals surface area contributed by atoms with Gasteiger partial charge in [0, 0.05) is 50.4 Å². The molecule has 0 radical (unpaired) electrons. The van der Waals surface area contributed by atoms with Crippen LogP contribution in [0, 0.1) is 0 Å². The van der Waals surface area contributed by atoms with E-state index in [4.69, 9.17) is 5.73 Å². The molecule has 8 heteroatoms. The third-order valence-corrected chi connectivity index (χ3v) is 4.72. The molecule has 1 amide bonds. The number of anilines is 1. The Bertz CT molecular complexity index is 705. The summed E-state index contributed by atoms with van der Waals surface area (Å²) in [5.74, 6) is 1.30. The number of benzene rings is 1. The molecule has 4 N–H and O–H groups in total.